The number of halogens is 3. The molecule has 9 rings (SSSR count). The predicted octanol–water partition coefficient (Wildman–Crippen LogP) is 6.59. The maximum absolute atomic E-state index is 12.3. The maximum atomic E-state index is 12.3. The molecule has 0 aliphatic carbocycles. The Morgan fingerprint density at radius 1 is 0.639 bits per heavy atom. The Morgan fingerprint density at radius 2 is 1.11 bits per heavy atom. The highest BCUT2D eigenvalue weighted by atomic mass is 79.9. The van der Waals surface area contributed by atoms with E-state index in [-0.39, 0.29) is 57.0 Å². The van der Waals surface area contributed by atoms with Gasteiger partial charge in [0.15, 0.2) is 55.9 Å². The van der Waals surface area contributed by atoms with E-state index in [9.17, 15) is 22.8 Å². The van der Waals surface area contributed by atoms with Crippen LogP contribution in [-0.2, 0) is 27.7 Å². The average Bonchev–Trinajstić information content (AvgIpc) is 4.36. The van der Waals surface area contributed by atoms with Gasteiger partial charge < -0.3 is 52.7 Å². The highest BCUT2D eigenvalue weighted by Crippen LogP contribution is 2.30. The molecule has 9 aromatic rings. The molecule has 2 amide bonds. The lowest BCUT2D eigenvalue weighted by atomic mass is 10.1. The standard InChI is InChI=1S/C22H22N6O3S.C18H19BrN6O3.C5H6BrN5O.C5H4BrN3O2/c1-13(2)32(29,30)17-8-6-15(7-9-17)18-12-25-20(24)19(26-18)22-28-27-21(31-22)16-5-3-4-14(10-16)11-23;1-18(2,3)28-17(26)22-8-10-5-4-6-11(7-10)15-24-25-16(27-15)13-14(20)21-9-12(19)23-13;6-2-1-9-4(7)3(10-2)5(12)11-8;6-2-1-8-4(7)3(9-2)5(10)11/h3-10,12-13H,11,23H2,1-2H3,(H2,24,25);4-7,9H,8H2,1-3H3,(H2,20,21)(H,22,26);1H,8H2,(H2,7,9)(H,11,12);1H,(H2,7,8)(H,10,11). The first-order chi connectivity index (χ1) is 39.3. The number of amides is 2. The molecule has 0 saturated heterocycles. The van der Waals surface area contributed by atoms with Crippen LogP contribution in [0.15, 0.2) is 125 Å². The van der Waals surface area contributed by atoms with Crippen LogP contribution >= 0.6 is 47.8 Å². The fourth-order valence-corrected chi connectivity index (χ4v) is 8.37. The molecule has 0 spiro atoms. The van der Waals surface area contributed by atoms with E-state index >= 15 is 0 Å². The van der Waals surface area contributed by atoms with Gasteiger partial charge in [-0.15, -0.1) is 20.4 Å². The zero-order valence-corrected chi connectivity index (χ0v) is 49.9. The molecule has 33 heteroatoms. The molecule has 0 radical (unpaired) electrons. The number of carboxylic acid groups (broad SMARTS) is 1. The van der Waals surface area contributed by atoms with E-state index < -0.39 is 38.7 Å². The summed E-state index contributed by atoms with van der Waals surface area (Å²) in [5.41, 5.74) is 34.2. The van der Waals surface area contributed by atoms with Crippen molar-refractivity contribution in [3.05, 3.63) is 134 Å². The maximum Gasteiger partial charge on any atom is 0.407 e. The number of ether oxygens (including phenoxy) is 1. The Bertz CT molecular complexity index is 3890. The number of nitrogen functional groups attached to an aromatic ring is 5. The molecule has 0 aliphatic rings. The van der Waals surface area contributed by atoms with Crippen LogP contribution in [0.3, 0.4) is 0 Å². The third-order valence-electron chi connectivity index (χ3n) is 10.4. The molecule has 0 atom stereocenters. The highest BCUT2D eigenvalue weighted by Gasteiger charge is 2.22. The Hall–Kier alpha value is -9.02. The molecule has 0 unspecified atom stereocenters. The number of hydrazine groups is 1. The lowest BCUT2D eigenvalue weighted by Gasteiger charge is -2.19. The van der Waals surface area contributed by atoms with Gasteiger partial charge in [0, 0.05) is 29.8 Å². The molecular weight excluding hydrogens is 1300 g/mol. The van der Waals surface area contributed by atoms with Gasteiger partial charge in [0.05, 0.1) is 40.6 Å². The van der Waals surface area contributed by atoms with Gasteiger partial charge in [-0.2, -0.15) is 0 Å². The van der Waals surface area contributed by atoms with E-state index in [1.807, 2.05) is 74.7 Å². The second-order valence-corrected chi connectivity index (χ2v) is 22.9. The van der Waals surface area contributed by atoms with Gasteiger partial charge in [-0.25, -0.2) is 63.7 Å². The number of aromatic carboxylic acids is 1. The van der Waals surface area contributed by atoms with Crippen molar-refractivity contribution >= 4 is 98.9 Å². The summed E-state index contributed by atoms with van der Waals surface area (Å²) in [4.78, 5) is 65.0. The quantitative estimate of drug-likeness (QED) is 0.0354. The van der Waals surface area contributed by atoms with Gasteiger partial charge in [0.25, 0.3) is 17.7 Å². The lowest BCUT2D eigenvalue weighted by molar-refractivity contribution is 0.0522. The van der Waals surface area contributed by atoms with Gasteiger partial charge in [-0.3, -0.25) is 10.2 Å². The molecule has 6 heterocycles. The Balaban J connectivity index is 0.000000195. The number of alkyl carbamates (subject to hydrolysis) is 1. The fourth-order valence-electron chi connectivity index (χ4n) is 6.47. The SMILES string of the molecule is CC(C)(C)OC(=O)NCc1cccc(-c2nnc(-c3nc(Br)cnc3N)o2)c1.CC(C)S(=O)(=O)c1ccc(-c2cnc(N)c(-c3nnc(-c4cccc(CN)c4)o3)n2)cc1.NNC(=O)c1nc(Br)cnc1N.Nc1ncc(Br)nc1C(=O)O. The summed E-state index contributed by atoms with van der Waals surface area (Å²) in [6.45, 7) is 9.41. The summed E-state index contributed by atoms with van der Waals surface area (Å²) in [5, 5.41) is 26.9. The van der Waals surface area contributed by atoms with Crippen molar-refractivity contribution in [2.45, 2.75) is 63.5 Å². The monoisotopic (exact) mass is 1340 g/mol. The number of hydrogen-bond donors (Lipinski definition) is 9. The average molecular weight is 1350 g/mol. The molecule has 15 N–H and O–H groups in total. The van der Waals surface area contributed by atoms with E-state index in [2.05, 4.69) is 113 Å². The molecule has 0 bridgehead atoms. The van der Waals surface area contributed by atoms with E-state index in [0.29, 0.717) is 61.2 Å². The van der Waals surface area contributed by atoms with Gasteiger partial charge in [-0.1, -0.05) is 36.4 Å². The van der Waals surface area contributed by atoms with Crippen LogP contribution in [0.5, 0.6) is 0 Å². The zero-order valence-electron chi connectivity index (χ0n) is 44.3. The van der Waals surface area contributed by atoms with Crippen molar-refractivity contribution in [1.29, 1.82) is 0 Å². The number of carboxylic acids is 1. The van der Waals surface area contributed by atoms with Crippen molar-refractivity contribution in [2.75, 3.05) is 22.9 Å². The van der Waals surface area contributed by atoms with Crippen LogP contribution in [0.4, 0.5) is 28.1 Å². The Labute approximate surface area is 497 Å². The number of carbonyl (C=O) groups is 3. The number of sulfone groups is 1. The first-order valence-corrected chi connectivity index (χ1v) is 27.8. The normalized spacial score (nSPS) is 11.0. The molecule has 432 valence electrons. The third kappa shape index (κ3) is 17.5. The topological polar surface area (TPSA) is 476 Å². The highest BCUT2D eigenvalue weighted by molar-refractivity contribution is 9.11. The van der Waals surface area contributed by atoms with Crippen LogP contribution < -0.4 is 45.3 Å². The van der Waals surface area contributed by atoms with E-state index in [1.54, 1.807) is 38.1 Å². The van der Waals surface area contributed by atoms with Crippen molar-refractivity contribution in [3.8, 4) is 57.3 Å². The summed E-state index contributed by atoms with van der Waals surface area (Å²) < 4.78 is 42.7. The summed E-state index contributed by atoms with van der Waals surface area (Å²) in [6, 6.07) is 21.3. The van der Waals surface area contributed by atoms with Gasteiger partial charge >= 0.3 is 12.1 Å². The second kappa shape index (κ2) is 28.1. The van der Waals surface area contributed by atoms with Crippen molar-refractivity contribution in [1.82, 2.24) is 71.0 Å². The molecule has 29 nitrogen and oxygen atoms in total. The molecular formula is C50H51Br3N20O9S. The summed E-state index contributed by atoms with van der Waals surface area (Å²) in [5.74, 6) is 4.32. The zero-order chi connectivity index (χ0) is 60.8. The molecule has 0 aliphatic heterocycles. The molecule has 0 fully saturated rings. The van der Waals surface area contributed by atoms with Crippen molar-refractivity contribution < 1.29 is 41.5 Å². The minimum absolute atomic E-state index is 0.00637. The number of nitrogens with zero attached hydrogens (tertiary/aromatic N) is 12. The number of aromatic nitrogens is 12. The number of carbonyl (C=O) groups excluding carboxylic acids is 2. The number of anilines is 4. The predicted molar refractivity (Wildman–Crippen MR) is 314 cm³/mol. The van der Waals surface area contributed by atoms with Crippen LogP contribution in [0.25, 0.3) is 57.3 Å². The first-order valence-electron chi connectivity index (χ1n) is 23.8. The largest absolute Gasteiger partial charge is 0.476 e. The second-order valence-electron chi connectivity index (χ2n) is 18.0. The minimum Gasteiger partial charge on any atom is -0.476 e. The number of hydrogen-bond acceptors (Lipinski definition) is 26. The number of benzene rings is 3. The fraction of sp³-hybridized carbons (Fsp3) is 0.180. The van der Waals surface area contributed by atoms with Gasteiger partial charge in [0.2, 0.25) is 11.8 Å². The Kier molecular flexibility index (Phi) is 21.4. The summed E-state index contributed by atoms with van der Waals surface area (Å²) >= 11 is 9.25. The smallest absolute Gasteiger partial charge is 0.407 e. The van der Waals surface area contributed by atoms with Gasteiger partial charge in [-0.05, 0) is 130 Å². The molecule has 6 aromatic heterocycles. The van der Waals surface area contributed by atoms with Crippen LogP contribution in [0.2, 0.25) is 0 Å². The number of nitrogens with one attached hydrogen (secondary N) is 2. The van der Waals surface area contributed by atoms with Crippen LogP contribution in [0.1, 0.15) is 66.7 Å². The molecule has 3 aromatic carbocycles. The summed E-state index contributed by atoms with van der Waals surface area (Å²) in [7, 11) is -3.36. The number of rotatable bonds is 12. The van der Waals surface area contributed by atoms with E-state index in [1.165, 1.54) is 24.8 Å². The van der Waals surface area contributed by atoms with E-state index in [4.69, 9.17) is 53.2 Å². The van der Waals surface area contributed by atoms with Crippen molar-refractivity contribution in [2.24, 2.45) is 11.6 Å². The lowest BCUT2D eigenvalue weighted by Crippen LogP contribution is -2.32. The van der Waals surface area contributed by atoms with Crippen LogP contribution in [-0.4, -0.2) is 103 Å². The van der Waals surface area contributed by atoms with Crippen molar-refractivity contribution in [3.63, 3.8) is 0 Å². The minimum atomic E-state index is -3.36. The van der Waals surface area contributed by atoms with Gasteiger partial charge in [0.1, 0.15) is 19.4 Å². The molecule has 0 saturated carbocycles. The van der Waals surface area contributed by atoms with E-state index in [0.717, 1.165) is 16.7 Å². The third-order valence-corrected chi connectivity index (χ3v) is 13.8. The number of nitrogens with two attached hydrogens (primary N) is 6. The summed E-state index contributed by atoms with van der Waals surface area (Å²) in [6.07, 6.45) is 5.23. The first kappa shape index (κ1) is 63.2. The Morgan fingerprint density at radius 3 is 1.61 bits per heavy atom. The molecule has 83 heavy (non-hydrogen) atoms. The van der Waals surface area contributed by atoms with Crippen LogP contribution in [0, 0.1) is 0 Å².